The first-order valence-electron chi connectivity index (χ1n) is 7.19. The molecular weight excluding hydrogens is 286 g/mol. The zero-order valence-corrected chi connectivity index (χ0v) is 12.7. The smallest absolute Gasteiger partial charge is 0.180 e. The number of hydrogen-bond donors (Lipinski definition) is 1. The molecule has 0 saturated heterocycles. The monoisotopic (exact) mass is 303 g/mol. The van der Waals surface area contributed by atoms with Crippen LogP contribution in [-0.2, 0) is 0 Å². The largest absolute Gasteiger partial charge is 0.309 e. The minimum Gasteiger partial charge on any atom is -0.309 e. The average molecular weight is 304 g/mol. The molecule has 1 aromatic heterocycles. The summed E-state index contributed by atoms with van der Waals surface area (Å²) in [5.41, 5.74) is 2.44. The summed E-state index contributed by atoms with van der Waals surface area (Å²) in [6.45, 7) is 3.23. The van der Waals surface area contributed by atoms with Crippen LogP contribution < -0.4 is 5.32 Å². The minimum absolute atomic E-state index is 0.0911. The van der Waals surface area contributed by atoms with Gasteiger partial charge < -0.3 is 5.32 Å². The van der Waals surface area contributed by atoms with E-state index in [4.69, 9.17) is 11.6 Å². The molecule has 1 saturated carbocycles. The number of rotatable bonds is 6. The summed E-state index contributed by atoms with van der Waals surface area (Å²) in [6, 6.07) is 7.41. The molecule has 3 rings (SSSR count). The molecule has 1 fully saturated rings. The lowest BCUT2D eigenvalue weighted by Gasteiger charge is -2.06. The normalized spacial score (nSPS) is 14.4. The fraction of sp³-hybridized carbons (Fsp3) is 0.375. The van der Waals surface area contributed by atoms with Crippen LogP contribution in [0.4, 0.5) is 0 Å². The van der Waals surface area contributed by atoms with E-state index >= 15 is 0 Å². The average Bonchev–Trinajstić information content (AvgIpc) is 3.21. The van der Waals surface area contributed by atoms with Crippen LogP contribution in [0.15, 0.2) is 30.5 Å². The van der Waals surface area contributed by atoms with Gasteiger partial charge >= 0.3 is 0 Å². The van der Waals surface area contributed by atoms with Crippen molar-refractivity contribution in [1.29, 1.82) is 0 Å². The van der Waals surface area contributed by atoms with Gasteiger partial charge in [0, 0.05) is 5.02 Å². The summed E-state index contributed by atoms with van der Waals surface area (Å²) in [7, 11) is 0. The quantitative estimate of drug-likeness (QED) is 0.835. The van der Waals surface area contributed by atoms with Gasteiger partial charge in [0.15, 0.2) is 5.78 Å². The number of ketones is 1. The van der Waals surface area contributed by atoms with E-state index in [1.807, 2.05) is 31.2 Å². The van der Waals surface area contributed by atoms with Crippen LogP contribution in [-0.4, -0.2) is 28.7 Å². The third-order valence-electron chi connectivity index (χ3n) is 3.80. The third-order valence-corrected chi connectivity index (χ3v) is 4.05. The predicted octanol–water partition coefficient (Wildman–Crippen LogP) is 3.02. The Hall–Kier alpha value is -1.65. The summed E-state index contributed by atoms with van der Waals surface area (Å²) in [4.78, 5) is 12.2. The van der Waals surface area contributed by atoms with Gasteiger partial charge in [0.05, 0.1) is 29.7 Å². The Bertz CT molecular complexity index is 644. The fourth-order valence-corrected chi connectivity index (χ4v) is 2.46. The zero-order valence-electron chi connectivity index (χ0n) is 12.0. The molecule has 0 aliphatic heterocycles. The predicted molar refractivity (Wildman–Crippen MR) is 83.2 cm³/mol. The number of halogens is 1. The standard InChI is InChI=1S/C16H18ClN3O/c1-11-15(16(21)10-18-8-12-2-3-12)9-19-20(11)14-6-4-13(17)5-7-14/h4-7,9,12,18H,2-3,8,10H2,1H3. The maximum Gasteiger partial charge on any atom is 0.180 e. The van der Waals surface area contributed by atoms with E-state index in [0.29, 0.717) is 17.1 Å². The Balaban J connectivity index is 1.71. The molecule has 1 aliphatic rings. The van der Waals surface area contributed by atoms with Crippen molar-refractivity contribution in [2.75, 3.05) is 13.1 Å². The van der Waals surface area contributed by atoms with Crippen molar-refractivity contribution in [2.45, 2.75) is 19.8 Å². The zero-order chi connectivity index (χ0) is 14.8. The highest BCUT2D eigenvalue weighted by atomic mass is 35.5. The lowest BCUT2D eigenvalue weighted by Crippen LogP contribution is -2.25. The summed E-state index contributed by atoms with van der Waals surface area (Å²) >= 11 is 5.89. The highest BCUT2D eigenvalue weighted by Gasteiger charge is 2.21. The first kappa shape index (κ1) is 14.3. The molecule has 4 nitrogen and oxygen atoms in total. The van der Waals surface area contributed by atoms with Gasteiger partial charge in [0.2, 0.25) is 0 Å². The van der Waals surface area contributed by atoms with Crippen LogP contribution in [0, 0.1) is 12.8 Å². The summed E-state index contributed by atoms with van der Waals surface area (Å²) in [5.74, 6) is 0.865. The number of benzene rings is 1. The Morgan fingerprint density at radius 1 is 1.38 bits per heavy atom. The molecule has 1 heterocycles. The van der Waals surface area contributed by atoms with Crippen LogP contribution in [0.5, 0.6) is 0 Å². The van der Waals surface area contributed by atoms with E-state index in [0.717, 1.165) is 23.8 Å². The molecule has 0 radical (unpaired) electrons. The first-order valence-corrected chi connectivity index (χ1v) is 7.57. The second-order valence-electron chi connectivity index (χ2n) is 5.53. The van der Waals surface area contributed by atoms with E-state index in [1.54, 1.807) is 10.9 Å². The van der Waals surface area contributed by atoms with Gasteiger partial charge in [-0.15, -0.1) is 0 Å². The molecule has 2 aromatic rings. The number of aromatic nitrogens is 2. The van der Waals surface area contributed by atoms with Crippen LogP contribution in [0.2, 0.25) is 5.02 Å². The van der Waals surface area contributed by atoms with Crippen LogP contribution >= 0.6 is 11.6 Å². The Kier molecular flexibility index (Phi) is 4.08. The van der Waals surface area contributed by atoms with E-state index in [2.05, 4.69) is 10.4 Å². The van der Waals surface area contributed by atoms with E-state index < -0.39 is 0 Å². The molecule has 1 N–H and O–H groups in total. The maximum atomic E-state index is 12.2. The van der Waals surface area contributed by atoms with Crippen LogP contribution in [0.3, 0.4) is 0 Å². The van der Waals surface area contributed by atoms with Crippen molar-refractivity contribution in [2.24, 2.45) is 5.92 Å². The first-order chi connectivity index (χ1) is 10.1. The molecule has 110 valence electrons. The lowest BCUT2D eigenvalue weighted by atomic mass is 10.1. The number of nitrogens with one attached hydrogen (secondary N) is 1. The van der Waals surface area contributed by atoms with E-state index in [9.17, 15) is 4.79 Å². The lowest BCUT2D eigenvalue weighted by molar-refractivity contribution is 0.0990. The molecule has 0 spiro atoms. The number of carbonyl (C=O) groups excluding carboxylic acids is 1. The number of nitrogens with zero attached hydrogens (tertiary/aromatic N) is 2. The van der Waals surface area contributed by atoms with E-state index in [-0.39, 0.29) is 5.78 Å². The second-order valence-corrected chi connectivity index (χ2v) is 5.97. The van der Waals surface area contributed by atoms with Gasteiger partial charge in [-0.25, -0.2) is 4.68 Å². The van der Waals surface area contributed by atoms with Gasteiger partial charge in [-0.3, -0.25) is 4.79 Å². The third kappa shape index (κ3) is 3.34. The van der Waals surface area contributed by atoms with Crippen molar-refractivity contribution in [3.8, 4) is 5.69 Å². The topological polar surface area (TPSA) is 46.9 Å². The summed E-state index contributed by atoms with van der Waals surface area (Å²) in [6.07, 6.45) is 4.22. The van der Waals surface area contributed by atoms with Gasteiger partial charge in [-0.2, -0.15) is 5.10 Å². The van der Waals surface area contributed by atoms with Crippen molar-refractivity contribution >= 4 is 17.4 Å². The Morgan fingerprint density at radius 3 is 2.76 bits per heavy atom. The highest BCUT2D eigenvalue weighted by molar-refractivity contribution is 6.30. The van der Waals surface area contributed by atoms with Gasteiger partial charge in [-0.1, -0.05) is 11.6 Å². The SMILES string of the molecule is Cc1c(C(=O)CNCC2CC2)cnn1-c1ccc(Cl)cc1. The highest BCUT2D eigenvalue weighted by Crippen LogP contribution is 2.27. The van der Waals surface area contributed by atoms with Crippen molar-refractivity contribution in [1.82, 2.24) is 15.1 Å². The maximum absolute atomic E-state index is 12.2. The van der Waals surface area contributed by atoms with Gasteiger partial charge in [0.1, 0.15) is 0 Å². The molecule has 1 aliphatic carbocycles. The number of carbonyl (C=O) groups is 1. The van der Waals surface area contributed by atoms with Crippen molar-refractivity contribution in [3.63, 3.8) is 0 Å². The van der Waals surface area contributed by atoms with Gasteiger partial charge in [-0.05, 0) is 56.5 Å². The fourth-order valence-electron chi connectivity index (χ4n) is 2.33. The Morgan fingerprint density at radius 2 is 2.10 bits per heavy atom. The second kappa shape index (κ2) is 6.00. The van der Waals surface area contributed by atoms with Crippen LogP contribution in [0.25, 0.3) is 5.69 Å². The number of hydrogen-bond acceptors (Lipinski definition) is 3. The number of Topliss-reactive ketones (excluding diaryl/α,β-unsaturated/α-hetero) is 1. The summed E-state index contributed by atoms with van der Waals surface area (Å²) < 4.78 is 1.77. The van der Waals surface area contributed by atoms with E-state index in [1.165, 1.54) is 12.8 Å². The Labute approximate surface area is 129 Å². The van der Waals surface area contributed by atoms with Crippen molar-refractivity contribution < 1.29 is 4.79 Å². The molecule has 1 aromatic carbocycles. The molecular formula is C16H18ClN3O. The molecule has 5 heteroatoms. The molecule has 0 amide bonds. The minimum atomic E-state index is 0.0911. The molecule has 0 unspecified atom stereocenters. The molecule has 0 bridgehead atoms. The van der Waals surface area contributed by atoms with Crippen LogP contribution in [0.1, 0.15) is 28.9 Å². The molecule has 21 heavy (non-hydrogen) atoms. The van der Waals surface area contributed by atoms with Gasteiger partial charge in [0.25, 0.3) is 0 Å². The summed E-state index contributed by atoms with van der Waals surface area (Å²) in [5, 5.41) is 8.23. The molecule has 0 atom stereocenters. The van der Waals surface area contributed by atoms with Crippen molar-refractivity contribution in [3.05, 3.63) is 46.7 Å².